The molecule has 1 atom stereocenters. The average Bonchev–Trinajstić information content (AvgIpc) is 2.86. The predicted molar refractivity (Wildman–Crippen MR) is 104 cm³/mol. The largest absolute Gasteiger partial charge is 0.346 e. The summed E-state index contributed by atoms with van der Waals surface area (Å²) in [5, 5.41) is 3.39. The monoisotopic (exact) mass is 380 g/mol. The zero-order valence-corrected chi connectivity index (χ0v) is 16.3. The van der Waals surface area contributed by atoms with Crippen LogP contribution in [0.15, 0.2) is 24.3 Å². The van der Waals surface area contributed by atoms with Crippen LogP contribution in [0.4, 0.5) is 0 Å². The molecule has 2 amide bonds. The first-order chi connectivity index (χ1) is 12.4. The molecule has 0 radical (unpaired) electrons. The van der Waals surface area contributed by atoms with Crippen LogP contribution in [0.25, 0.3) is 0 Å². The lowest BCUT2D eigenvalue weighted by Gasteiger charge is -2.23. The minimum Gasteiger partial charge on any atom is -0.346 e. The highest BCUT2D eigenvalue weighted by atomic mass is 35.5. The zero-order valence-electron chi connectivity index (χ0n) is 15.6. The van der Waals surface area contributed by atoms with Crippen molar-refractivity contribution in [1.82, 2.24) is 15.1 Å². The van der Waals surface area contributed by atoms with Gasteiger partial charge in [-0.2, -0.15) is 0 Å². The van der Waals surface area contributed by atoms with Crippen LogP contribution in [0.5, 0.6) is 0 Å². The number of nitrogens with two attached hydrogens (primary N) is 1. The van der Waals surface area contributed by atoms with E-state index in [4.69, 9.17) is 17.3 Å². The first-order valence-electron chi connectivity index (χ1n) is 9.14. The highest BCUT2D eigenvalue weighted by Gasteiger charge is 2.22. The van der Waals surface area contributed by atoms with Gasteiger partial charge in [0, 0.05) is 37.7 Å². The van der Waals surface area contributed by atoms with Crippen molar-refractivity contribution in [1.29, 1.82) is 0 Å². The van der Waals surface area contributed by atoms with Gasteiger partial charge in [0.15, 0.2) is 0 Å². The van der Waals surface area contributed by atoms with E-state index in [1.54, 1.807) is 0 Å². The van der Waals surface area contributed by atoms with Crippen molar-refractivity contribution >= 4 is 23.4 Å². The number of rotatable bonds is 6. The van der Waals surface area contributed by atoms with Gasteiger partial charge in [-0.25, -0.2) is 0 Å². The van der Waals surface area contributed by atoms with E-state index >= 15 is 0 Å². The van der Waals surface area contributed by atoms with Gasteiger partial charge in [0.05, 0.1) is 12.6 Å². The van der Waals surface area contributed by atoms with Crippen LogP contribution in [0, 0.1) is 5.92 Å². The van der Waals surface area contributed by atoms with Crippen molar-refractivity contribution in [3.05, 3.63) is 34.9 Å². The minimum atomic E-state index is -0.582. The van der Waals surface area contributed by atoms with Crippen molar-refractivity contribution in [2.75, 3.05) is 32.7 Å². The Balaban J connectivity index is 1.79. The highest BCUT2D eigenvalue weighted by Crippen LogP contribution is 2.13. The Bertz CT molecular complexity index is 606. The van der Waals surface area contributed by atoms with Gasteiger partial charge in [0.2, 0.25) is 11.8 Å². The van der Waals surface area contributed by atoms with Crippen molar-refractivity contribution in [3.8, 4) is 0 Å². The second-order valence-corrected chi connectivity index (χ2v) is 7.56. The van der Waals surface area contributed by atoms with E-state index in [1.165, 1.54) is 5.56 Å². The number of amides is 2. The Morgan fingerprint density at radius 3 is 2.50 bits per heavy atom. The molecule has 7 heteroatoms. The van der Waals surface area contributed by atoms with E-state index in [1.807, 2.05) is 43.0 Å². The number of carbonyl (C=O) groups is 2. The third-order valence-electron chi connectivity index (χ3n) is 4.70. The molecule has 1 fully saturated rings. The van der Waals surface area contributed by atoms with Crippen molar-refractivity contribution < 1.29 is 9.59 Å². The second-order valence-electron chi connectivity index (χ2n) is 7.12. The smallest absolute Gasteiger partial charge is 0.242 e. The lowest BCUT2D eigenvalue weighted by molar-refractivity contribution is -0.133. The molecule has 1 saturated heterocycles. The molecule has 6 nitrogen and oxygen atoms in total. The summed E-state index contributed by atoms with van der Waals surface area (Å²) in [5.41, 5.74) is 7.01. The SMILES string of the molecule is CC(C)[C@H](N)C(=O)NCC(=O)N1CCCN(Cc2ccc(Cl)cc2)CC1. The fourth-order valence-corrected chi connectivity index (χ4v) is 3.05. The Labute approximate surface area is 160 Å². The normalized spacial score (nSPS) is 17.0. The van der Waals surface area contributed by atoms with Crippen LogP contribution >= 0.6 is 11.6 Å². The maximum atomic E-state index is 12.4. The molecule has 1 heterocycles. The van der Waals surface area contributed by atoms with Gasteiger partial charge in [-0.15, -0.1) is 0 Å². The molecule has 0 aromatic heterocycles. The van der Waals surface area contributed by atoms with Crippen molar-refractivity contribution in [3.63, 3.8) is 0 Å². The number of hydrogen-bond acceptors (Lipinski definition) is 4. The Kier molecular flexibility index (Phi) is 7.87. The maximum absolute atomic E-state index is 12.4. The quantitative estimate of drug-likeness (QED) is 0.783. The molecule has 0 saturated carbocycles. The molecule has 0 aliphatic carbocycles. The van der Waals surface area contributed by atoms with Crippen molar-refractivity contribution in [2.24, 2.45) is 11.7 Å². The van der Waals surface area contributed by atoms with E-state index in [0.717, 1.165) is 31.1 Å². The van der Waals surface area contributed by atoms with Gasteiger partial charge in [-0.1, -0.05) is 37.6 Å². The van der Waals surface area contributed by atoms with Crippen LogP contribution in [0.2, 0.25) is 5.02 Å². The van der Waals surface area contributed by atoms with Crippen LogP contribution < -0.4 is 11.1 Å². The molecular formula is C19H29ClN4O2. The molecule has 3 N–H and O–H groups in total. The van der Waals surface area contributed by atoms with Gasteiger partial charge >= 0.3 is 0 Å². The van der Waals surface area contributed by atoms with E-state index in [9.17, 15) is 9.59 Å². The summed E-state index contributed by atoms with van der Waals surface area (Å²) in [5.74, 6) is -0.278. The number of benzene rings is 1. The first kappa shape index (κ1) is 20.7. The van der Waals surface area contributed by atoms with Gasteiger partial charge in [-0.3, -0.25) is 14.5 Å². The number of nitrogens with zero attached hydrogens (tertiary/aromatic N) is 2. The number of halogens is 1. The van der Waals surface area contributed by atoms with Crippen LogP contribution in [0.3, 0.4) is 0 Å². The van der Waals surface area contributed by atoms with Gasteiger partial charge in [-0.05, 0) is 30.0 Å². The van der Waals surface area contributed by atoms with Crippen LogP contribution in [-0.4, -0.2) is 60.4 Å². The van der Waals surface area contributed by atoms with Crippen LogP contribution in [-0.2, 0) is 16.1 Å². The summed E-state index contributed by atoms with van der Waals surface area (Å²) in [6.07, 6.45) is 0.915. The lowest BCUT2D eigenvalue weighted by atomic mass is 10.1. The molecule has 26 heavy (non-hydrogen) atoms. The van der Waals surface area contributed by atoms with Crippen molar-refractivity contribution in [2.45, 2.75) is 32.9 Å². The fraction of sp³-hybridized carbons (Fsp3) is 0.579. The molecule has 0 spiro atoms. The molecule has 1 aliphatic heterocycles. The number of hydrogen-bond donors (Lipinski definition) is 2. The first-order valence-corrected chi connectivity index (χ1v) is 9.52. The summed E-state index contributed by atoms with van der Waals surface area (Å²) in [6.45, 7) is 7.76. The predicted octanol–water partition coefficient (Wildman–Crippen LogP) is 1.47. The summed E-state index contributed by atoms with van der Waals surface area (Å²) in [6, 6.07) is 7.28. The van der Waals surface area contributed by atoms with Gasteiger partial charge < -0.3 is 16.0 Å². The number of nitrogens with one attached hydrogen (secondary N) is 1. The Morgan fingerprint density at radius 1 is 1.15 bits per heavy atom. The van der Waals surface area contributed by atoms with Gasteiger partial charge in [0.25, 0.3) is 0 Å². The molecule has 2 rings (SSSR count). The van der Waals surface area contributed by atoms with E-state index in [2.05, 4.69) is 10.2 Å². The zero-order chi connectivity index (χ0) is 19.1. The minimum absolute atomic E-state index is 0.0104. The van der Waals surface area contributed by atoms with Gasteiger partial charge in [0.1, 0.15) is 0 Å². The summed E-state index contributed by atoms with van der Waals surface area (Å²) >= 11 is 5.93. The Morgan fingerprint density at radius 2 is 1.85 bits per heavy atom. The molecule has 1 aliphatic rings. The molecule has 1 aromatic rings. The molecule has 0 bridgehead atoms. The van der Waals surface area contributed by atoms with E-state index in [-0.39, 0.29) is 24.3 Å². The Hall–Kier alpha value is -1.63. The third kappa shape index (κ3) is 6.27. The maximum Gasteiger partial charge on any atom is 0.242 e. The van der Waals surface area contributed by atoms with Crippen LogP contribution in [0.1, 0.15) is 25.8 Å². The third-order valence-corrected chi connectivity index (χ3v) is 4.95. The second kappa shape index (κ2) is 9.90. The fourth-order valence-electron chi connectivity index (χ4n) is 2.92. The number of carbonyl (C=O) groups excluding carboxylic acids is 2. The standard InChI is InChI=1S/C19H29ClN4O2/c1-14(2)18(21)19(26)22-12-17(25)24-9-3-8-23(10-11-24)13-15-4-6-16(20)7-5-15/h4-7,14,18H,3,8-13,21H2,1-2H3,(H,22,26)/t18-/m0/s1. The molecule has 144 valence electrons. The summed E-state index contributed by atoms with van der Waals surface area (Å²) < 4.78 is 0. The lowest BCUT2D eigenvalue weighted by Crippen LogP contribution is -2.48. The summed E-state index contributed by atoms with van der Waals surface area (Å²) in [4.78, 5) is 28.4. The topological polar surface area (TPSA) is 78.7 Å². The molecule has 0 unspecified atom stereocenters. The molecular weight excluding hydrogens is 352 g/mol. The average molecular weight is 381 g/mol. The summed E-state index contributed by atoms with van der Waals surface area (Å²) in [7, 11) is 0. The molecule has 1 aromatic carbocycles. The highest BCUT2D eigenvalue weighted by molar-refractivity contribution is 6.30. The van der Waals surface area contributed by atoms with E-state index in [0.29, 0.717) is 13.1 Å². The van der Waals surface area contributed by atoms with E-state index < -0.39 is 6.04 Å².